The summed E-state index contributed by atoms with van der Waals surface area (Å²) in [7, 11) is 1.41. The molecule has 134 valence electrons. The first-order chi connectivity index (χ1) is 12.0. The van der Waals surface area contributed by atoms with E-state index in [1.54, 1.807) is 0 Å². The third-order valence-electron chi connectivity index (χ3n) is 5.84. The lowest BCUT2D eigenvalue weighted by atomic mass is 9.90. The van der Waals surface area contributed by atoms with E-state index in [2.05, 4.69) is 13.0 Å². The van der Waals surface area contributed by atoms with E-state index in [4.69, 9.17) is 9.47 Å². The van der Waals surface area contributed by atoms with Crippen LogP contribution in [-0.2, 0) is 30.9 Å². The van der Waals surface area contributed by atoms with Crippen molar-refractivity contribution < 1.29 is 19.1 Å². The Morgan fingerprint density at radius 1 is 1.40 bits per heavy atom. The van der Waals surface area contributed by atoms with Gasteiger partial charge in [-0.05, 0) is 62.3 Å². The molecule has 5 heteroatoms. The van der Waals surface area contributed by atoms with Crippen molar-refractivity contribution in [1.82, 2.24) is 0 Å². The number of methoxy groups -OCH3 is 1. The van der Waals surface area contributed by atoms with Gasteiger partial charge in [0.1, 0.15) is 0 Å². The summed E-state index contributed by atoms with van der Waals surface area (Å²) >= 11 is 0. The summed E-state index contributed by atoms with van der Waals surface area (Å²) < 4.78 is 10.5. The van der Waals surface area contributed by atoms with Crippen LogP contribution >= 0.6 is 0 Å². The van der Waals surface area contributed by atoms with Crippen molar-refractivity contribution in [2.75, 3.05) is 18.6 Å². The number of rotatable bonds is 3. The predicted octanol–water partition coefficient (Wildman–Crippen LogP) is 2.66. The second kappa shape index (κ2) is 5.84. The predicted molar refractivity (Wildman–Crippen MR) is 93.7 cm³/mol. The van der Waals surface area contributed by atoms with Gasteiger partial charge in [-0.3, -0.25) is 9.59 Å². The number of nitrogens with zero attached hydrogens (tertiary/aromatic N) is 1. The minimum atomic E-state index is -0.395. The van der Waals surface area contributed by atoms with E-state index in [-0.39, 0.29) is 30.4 Å². The van der Waals surface area contributed by atoms with Crippen LogP contribution in [-0.4, -0.2) is 37.7 Å². The van der Waals surface area contributed by atoms with E-state index in [9.17, 15) is 9.59 Å². The highest BCUT2D eigenvalue weighted by molar-refractivity contribution is 6.11. The lowest BCUT2D eigenvalue weighted by Gasteiger charge is -2.35. The smallest absolute Gasteiger partial charge is 0.309 e. The molecule has 4 rings (SSSR count). The van der Waals surface area contributed by atoms with Crippen molar-refractivity contribution in [3.8, 4) is 0 Å². The van der Waals surface area contributed by atoms with Crippen LogP contribution in [0.3, 0.4) is 0 Å². The van der Waals surface area contributed by atoms with Gasteiger partial charge in [-0.15, -0.1) is 0 Å². The molecule has 1 amide bonds. The molecule has 0 radical (unpaired) electrons. The van der Waals surface area contributed by atoms with E-state index in [0.29, 0.717) is 6.61 Å². The van der Waals surface area contributed by atoms with Crippen LogP contribution < -0.4 is 4.90 Å². The number of fused-ring (bicyclic) bond motifs is 2. The Hall–Kier alpha value is -1.88. The Bertz CT molecular complexity index is 737. The number of ether oxygens (including phenoxy) is 2. The van der Waals surface area contributed by atoms with Crippen molar-refractivity contribution in [2.45, 2.75) is 63.5 Å². The van der Waals surface area contributed by atoms with Crippen LogP contribution in [0.5, 0.6) is 0 Å². The number of carbonyl (C=O) groups excluding carboxylic acids is 2. The van der Waals surface area contributed by atoms with E-state index < -0.39 is 5.41 Å². The molecule has 1 aliphatic carbocycles. The molecular formula is C20H25NO4. The largest absolute Gasteiger partial charge is 0.469 e. The van der Waals surface area contributed by atoms with E-state index in [0.717, 1.165) is 48.1 Å². The summed E-state index contributed by atoms with van der Waals surface area (Å²) in [5.41, 5.74) is 3.73. The lowest BCUT2D eigenvalue weighted by molar-refractivity contribution is -0.139. The van der Waals surface area contributed by atoms with Gasteiger partial charge in [0.25, 0.3) is 0 Å². The number of amides is 1. The number of carbonyl (C=O) groups is 2. The molecule has 0 N–H and O–H groups in total. The highest BCUT2D eigenvalue weighted by Gasteiger charge is 2.61. The molecule has 0 aromatic heterocycles. The van der Waals surface area contributed by atoms with Crippen molar-refractivity contribution in [1.29, 1.82) is 0 Å². The first-order valence-electron chi connectivity index (χ1n) is 9.12. The average Bonchev–Trinajstić information content (AvgIpc) is 3.31. The van der Waals surface area contributed by atoms with Crippen molar-refractivity contribution in [3.63, 3.8) is 0 Å². The second-order valence-corrected chi connectivity index (χ2v) is 7.69. The molecule has 2 aliphatic heterocycles. The topological polar surface area (TPSA) is 55.8 Å². The normalized spacial score (nSPS) is 26.7. The van der Waals surface area contributed by atoms with Gasteiger partial charge in [0.15, 0.2) is 0 Å². The molecule has 1 saturated carbocycles. The standard InChI is InChI=1S/C20H25NO4/c1-12-8-14(11-17(22)24-3)18-16(9-12)21(19(23)20(18)5-6-20)15-4-7-25-13(2)10-15/h8-9,13,15H,4-7,10-11H2,1-3H3. The molecule has 1 aromatic carbocycles. The molecule has 1 spiro atoms. The van der Waals surface area contributed by atoms with E-state index in [1.807, 2.05) is 17.9 Å². The number of anilines is 1. The molecule has 5 nitrogen and oxygen atoms in total. The van der Waals surface area contributed by atoms with Gasteiger partial charge < -0.3 is 14.4 Å². The molecule has 0 bridgehead atoms. The van der Waals surface area contributed by atoms with Crippen LogP contribution in [0.25, 0.3) is 0 Å². The molecule has 1 saturated heterocycles. The summed E-state index contributed by atoms with van der Waals surface area (Å²) in [5, 5.41) is 0. The van der Waals surface area contributed by atoms with Crippen molar-refractivity contribution in [2.24, 2.45) is 0 Å². The van der Waals surface area contributed by atoms with Gasteiger partial charge >= 0.3 is 5.97 Å². The number of aryl methyl sites for hydroxylation is 1. The van der Waals surface area contributed by atoms with E-state index >= 15 is 0 Å². The SMILES string of the molecule is COC(=O)Cc1cc(C)cc2c1C1(CC1)C(=O)N2C1CCOC(C)C1. The molecule has 2 fully saturated rings. The Morgan fingerprint density at radius 2 is 2.16 bits per heavy atom. The Labute approximate surface area is 148 Å². The highest BCUT2D eigenvalue weighted by Crippen LogP contribution is 2.59. The fraction of sp³-hybridized carbons (Fsp3) is 0.600. The maximum absolute atomic E-state index is 13.3. The monoisotopic (exact) mass is 343 g/mol. The first kappa shape index (κ1) is 16.6. The first-order valence-corrected chi connectivity index (χ1v) is 9.12. The summed E-state index contributed by atoms with van der Waals surface area (Å²) in [6.07, 6.45) is 3.89. The molecule has 2 unspecified atom stereocenters. The van der Waals surface area contributed by atoms with E-state index in [1.165, 1.54) is 7.11 Å². The van der Waals surface area contributed by atoms with Crippen LogP contribution in [0.15, 0.2) is 12.1 Å². The van der Waals surface area contributed by atoms with Gasteiger partial charge in [0.05, 0.1) is 25.0 Å². The van der Waals surface area contributed by atoms with Gasteiger partial charge in [-0.25, -0.2) is 0 Å². The van der Waals surface area contributed by atoms with Crippen LogP contribution in [0, 0.1) is 6.92 Å². The van der Waals surface area contributed by atoms with Gasteiger partial charge in [0, 0.05) is 18.3 Å². The minimum absolute atomic E-state index is 0.171. The number of hydrogen-bond donors (Lipinski definition) is 0. The summed E-state index contributed by atoms with van der Waals surface area (Å²) in [6, 6.07) is 4.34. The second-order valence-electron chi connectivity index (χ2n) is 7.69. The molecule has 3 aliphatic rings. The zero-order chi connectivity index (χ0) is 17.8. The zero-order valence-corrected chi connectivity index (χ0v) is 15.1. The van der Waals surface area contributed by atoms with Crippen LogP contribution in [0.2, 0.25) is 0 Å². The number of hydrogen-bond acceptors (Lipinski definition) is 4. The van der Waals surface area contributed by atoms with Gasteiger partial charge in [-0.2, -0.15) is 0 Å². The molecule has 2 heterocycles. The zero-order valence-electron chi connectivity index (χ0n) is 15.1. The third kappa shape index (κ3) is 2.56. The van der Waals surface area contributed by atoms with Crippen LogP contribution in [0.4, 0.5) is 5.69 Å². The molecule has 2 atom stereocenters. The van der Waals surface area contributed by atoms with Crippen molar-refractivity contribution >= 4 is 17.6 Å². The Balaban J connectivity index is 1.79. The van der Waals surface area contributed by atoms with Crippen molar-refractivity contribution in [3.05, 3.63) is 28.8 Å². The fourth-order valence-electron chi connectivity index (χ4n) is 4.56. The maximum Gasteiger partial charge on any atom is 0.309 e. The molecule has 25 heavy (non-hydrogen) atoms. The quantitative estimate of drug-likeness (QED) is 0.792. The maximum atomic E-state index is 13.3. The number of benzene rings is 1. The summed E-state index contributed by atoms with van der Waals surface area (Å²) in [5.74, 6) is -0.0347. The molecule has 1 aromatic rings. The fourth-order valence-corrected chi connectivity index (χ4v) is 4.56. The average molecular weight is 343 g/mol. The summed E-state index contributed by atoms with van der Waals surface area (Å²) in [4.78, 5) is 27.3. The lowest BCUT2D eigenvalue weighted by Crippen LogP contribution is -2.45. The number of esters is 1. The Kier molecular flexibility index (Phi) is 3.87. The highest BCUT2D eigenvalue weighted by atomic mass is 16.5. The van der Waals surface area contributed by atoms with Crippen LogP contribution in [0.1, 0.15) is 49.3 Å². The summed E-state index contributed by atoms with van der Waals surface area (Å²) in [6.45, 7) is 4.78. The van der Waals surface area contributed by atoms with Gasteiger partial charge in [-0.1, -0.05) is 6.07 Å². The third-order valence-corrected chi connectivity index (χ3v) is 5.84. The minimum Gasteiger partial charge on any atom is -0.469 e. The molecular weight excluding hydrogens is 318 g/mol. The van der Waals surface area contributed by atoms with Gasteiger partial charge in [0.2, 0.25) is 5.91 Å². The Morgan fingerprint density at radius 3 is 2.80 bits per heavy atom.